The molecule has 2 aromatic rings. The minimum Gasteiger partial charge on any atom is -0.454 e. The number of nitrogens with one attached hydrogen (secondary N) is 1. The SMILES string of the molecule is CCCC[C@H](CC)C(=O)Nc1cccc([C@@H]2SCC(=O)N2c2ccc3c(c2)OCO3)c1. The molecule has 164 valence electrons. The van der Waals surface area contributed by atoms with Crippen molar-refractivity contribution in [1.82, 2.24) is 0 Å². The number of fused-ring (bicyclic) bond motifs is 1. The highest BCUT2D eigenvalue weighted by Gasteiger charge is 2.35. The van der Waals surface area contributed by atoms with Crippen molar-refractivity contribution in [2.24, 2.45) is 5.92 Å². The van der Waals surface area contributed by atoms with Crippen molar-refractivity contribution in [3.63, 3.8) is 0 Å². The van der Waals surface area contributed by atoms with Gasteiger partial charge in [-0.25, -0.2) is 0 Å². The van der Waals surface area contributed by atoms with E-state index < -0.39 is 0 Å². The Hall–Kier alpha value is -2.67. The van der Waals surface area contributed by atoms with E-state index in [9.17, 15) is 9.59 Å². The van der Waals surface area contributed by atoms with Crippen LogP contribution in [0.2, 0.25) is 0 Å². The van der Waals surface area contributed by atoms with Crippen LogP contribution in [0.25, 0.3) is 0 Å². The van der Waals surface area contributed by atoms with Crippen molar-refractivity contribution in [2.45, 2.75) is 44.9 Å². The summed E-state index contributed by atoms with van der Waals surface area (Å²) in [6.07, 6.45) is 3.87. The maximum atomic E-state index is 12.7. The fourth-order valence-electron chi connectivity index (χ4n) is 3.97. The maximum absolute atomic E-state index is 12.7. The number of benzene rings is 2. The number of ether oxygens (including phenoxy) is 2. The van der Waals surface area contributed by atoms with Crippen LogP contribution in [0.1, 0.15) is 50.5 Å². The summed E-state index contributed by atoms with van der Waals surface area (Å²) in [5, 5.41) is 2.92. The van der Waals surface area contributed by atoms with E-state index in [0.29, 0.717) is 17.3 Å². The molecule has 2 aromatic carbocycles. The molecule has 0 radical (unpaired) electrons. The lowest BCUT2D eigenvalue weighted by atomic mass is 9.98. The van der Waals surface area contributed by atoms with Crippen molar-refractivity contribution >= 4 is 35.0 Å². The molecule has 0 saturated carbocycles. The van der Waals surface area contributed by atoms with Crippen LogP contribution in [-0.4, -0.2) is 24.4 Å². The third kappa shape index (κ3) is 4.66. The fraction of sp³-hybridized carbons (Fsp3) is 0.417. The van der Waals surface area contributed by atoms with Crippen LogP contribution in [0, 0.1) is 5.92 Å². The quantitative estimate of drug-likeness (QED) is 0.599. The molecule has 0 unspecified atom stereocenters. The van der Waals surface area contributed by atoms with Crippen molar-refractivity contribution < 1.29 is 19.1 Å². The number of amides is 2. The van der Waals surface area contributed by atoms with Gasteiger partial charge in [-0.15, -0.1) is 11.8 Å². The Morgan fingerprint density at radius 3 is 2.84 bits per heavy atom. The normalized spacial score (nSPS) is 18.3. The second-order valence-corrected chi connectivity index (χ2v) is 8.90. The standard InChI is InChI=1S/C24H28N2O4S/c1-3-5-7-16(4-2)23(28)25-18-9-6-8-17(12-18)24-26(22(27)14-31-24)19-10-11-20-21(13-19)30-15-29-20/h6,8-13,16,24H,3-5,7,14-15H2,1-2H3,(H,25,28)/t16-,24-/m0/s1. The highest BCUT2D eigenvalue weighted by atomic mass is 32.2. The molecule has 2 aliphatic rings. The predicted molar refractivity (Wildman–Crippen MR) is 124 cm³/mol. The van der Waals surface area contributed by atoms with Crippen LogP contribution in [-0.2, 0) is 9.59 Å². The molecular formula is C24H28N2O4S. The summed E-state index contributed by atoms with van der Waals surface area (Å²) in [5.74, 6) is 1.89. The molecule has 0 aliphatic carbocycles. The summed E-state index contributed by atoms with van der Waals surface area (Å²) in [7, 11) is 0. The van der Waals surface area contributed by atoms with Crippen LogP contribution >= 0.6 is 11.8 Å². The second-order valence-electron chi connectivity index (χ2n) is 7.83. The molecule has 1 N–H and O–H groups in total. The highest BCUT2D eigenvalue weighted by molar-refractivity contribution is 8.00. The topological polar surface area (TPSA) is 67.9 Å². The molecule has 2 amide bonds. The lowest BCUT2D eigenvalue weighted by Crippen LogP contribution is -2.28. The molecule has 6 nitrogen and oxygen atoms in total. The minimum absolute atomic E-state index is 0.0242. The zero-order chi connectivity index (χ0) is 21.8. The number of rotatable bonds is 8. The van der Waals surface area contributed by atoms with Gasteiger partial charge in [0.2, 0.25) is 18.6 Å². The molecule has 2 heterocycles. The Balaban J connectivity index is 1.53. The van der Waals surface area contributed by atoms with Gasteiger partial charge >= 0.3 is 0 Å². The number of unbranched alkanes of at least 4 members (excludes halogenated alkanes) is 1. The summed E-state index contributed by atoms with van der Waals surface area (Å²) in [4.78, 5) is 27.2. The van der Waals surface area contributed by atoms with Crippen molar-refractivity contribution in [3.05, 3.63) is 48.0 Å². The zero-order valence-electron chi connectivity index (χ0n) is 17.9. The van der Waals surface area contributed by atoms with E-state index in [1.165, 1.54) is 0 Å². The molecule has 0 spiro atoms. The molecule has 0 aromatic heterocycles. The summed E-state index contributed by atoms with van der Waals surface area (Å²) in [6.45, 7) is 4.39. The van der Waals surface area contributed by atoms with Gasteiger partial charge in [-0.1, -0.05) is 38.8 Å². The predicted octanol–water partition coefficient (Wildman–Crippen LogP) is 5.35. The van der Waals surface area contributed by atoms with Crippen LogP contribution in [0.3, 0.4) is 0 Å². The molecule has 7 heteroatoms. The van der Waals surface area contributed by atoms with Crippen LogP contribution in [0.15, 0.2) is 42.5 Å². The Morgan fingerprint density at radius 1 is 1.19 bits per heavy atom. The van der Waals surface area contributed by atoms with Gasteiger partial charge in [0, 0.05) is 23.4 Å². The average molecular weight is 441 g/mol. The summed E-state index contributed by atoms with van der Waals surface area (Å²) < 4.78 is 10.9. The molecule has 0 bridgehead atoms. The van der Waals surface area contributed by atoms with E-state index in [-0.39, 0.29) is 29.9 Å². The van der Waals surface area contributed by atoms with E-state index in [1.54, 1.807) is 16.7 Å². The minimum atomic E-state index is -0.160. The third-order valence-corrected chi connectivity index (χ3v) is 6.92. The van der Waals surface area contributed by atoms with Crippen molar-refractivity contribution in [1.29, 1.82) is 0 Å². The number of hydrogen-bond acceptors (Lipinski definition) is 5. The van der Waals surface area contributed by atoms with E-state index >= 15 is 0 Å². The largest absolute Gasteiger partial charge is 0.454 e. The lowest BCUT2D eigenvalue weighted by molar-refractivity contribution is -0.120. The number of nitrogens with zero attached hydrogens (tertiary/aromatic N) is 1. The number of carbonyl (C=O) groups is 2. The van der Waals surface area contributed by atoms with Gasteiger partial charge in [-0.3, -0.25) is 14.5 Å². The molecule has 2 atom stereocenters. The Morgan fingerprint density at radius 2 is 2.03 bits per heavy atom. The van der Waals surface area contributed by atoms with E-state index in [2.05, 4.69) is 19.2 Å². The Labute approximate surface area is 187 Å². The molecule has 4 rings (SSSR count). The van der Waals surface area contributed by atoms with E-state index in [0.717, 1.165) is 42.6 Å². The maximum Gasteiger partial charge on any atom is 0.238 e. The smallest absolute Gasteiger partial charge is 0.238 e. The van der Waals surface area contributed by atoms with Gasteiger partial charge in [-0.05, 0) is 42.7 Å². The monoisotopic (exact) mass is 440 g/mol. The summed E-state index contributed by atoms with van der Waals surface area (Å²) in [6, 6.07) is 13.4. The Bertz CT molecular complexity index is 964. The van der Waals surface area contributed by atoms with Crippen molar-refractivity contribution in [3.8, 4) is 11.5 Å². The average Bonchev–Trinajstić information content (AvgIpc) is 3.40. The first-order valence-corrected chi connectivity index (χ1v) is 11.9. The lowest BCUT2D eigenvalue weighted by Gasteiger charge is -2.25. The molecular weight excluding hydrogens is 412 g/mol. The third-order valence-electron chi connectivity index (χ3n) is 5.71. The number of carbonyl (C=O) groups excluding carboxylic acids is 2. The summed E-state index contributed by atoms with van der Waals surface area (Å²) >= 11 is 1.58. The van der Waals surface area contributed by atoms with Gasteiger partial charge in [0.05, 0.1) is 5.75 Å². The van der Waals surface area contributed by atoms with Crippen LogP contribution in [0.4, 0.5) is 11.4 Å². The zero-order valence-corrected chi connectivity index (χ0v) is 18.7. The van der Waals surface area contributed by atoms with E-state index in [4.69, 9.17) is 9.47 Å². The van der Waals surface area contributed by atoms with Gasteiger partial charge in [0.1, 0.15) is 5.37 Å². The van der Waals surface area contributed by atoms with Gasteiger partial charge in [0.15, 0.2) is 11.5 Å². The molecule has 1 saturated heterocycles. The molecule has 31 heavy (non-hydrogen) atoms. The van der Waals surface area contributed by atoms with Crippen LogP contribution < -0.4 is 19.7 Å². The Kier molecular flexibility index (Phi) is 6.70. The van der Waals surface area contributed by atoms with Crippen molar-refractivity contribution in [2.75, 3.05) is 22.8 Å². The molecule has 2 aliphatic heterocycles. The first-order chi connectivity index (χ1) is 15.1. The first-order valence-electron chi connectivity index (χ1n) is 10.8. The van der Waals surface area contributed by atoms with E-state index in [1.807, 2.05) is 42.5 Å². The molecule has 1 fully saturated rings. The number of thioether (sulfide) groups is 1. The summed E-state index contributed by atoms with van der Waals surface area (Å²) in [5.41, 5.74) is 2.53. The fourth-order valence-corrected chi connectivity index (χ4v) is 5.14. The van der Waals surface area contributed by atoms with Crippen LogP contribution in [0.5, 0.6) is 11.5 Å². The van der Waals surface area contributed by atoms with Gasteiger partial charge < -0.3 is 14.8 Å². The number of anilines is 2. The first kappa shape index (κ1) is 21.6. The second kappa shape index (κ2) is 9.64. The van der Waals surface area contributed by atoms with Gasteiger partial charge in [0.25, 0.3) is 0 Å². The van der Waals surface area contributed by atoms with Gasteiger partial charge in [-0.2, -0.15) is 0 Å². The number of hydrogen-bond donors (Lipinski definition) is 1. The highest BCUT2D eigenvalue weighted by Crippen LogP contribution is 2.45.